The van der Waals surface area contributed by atoms with Crippen molar-refractivity contribution in [3.63, 3.8) is 0 Å². The van der Waals surface area contributed by atoms with E-state index in [1.165, 1.54) is 31.3 Å². The number of fused-ring (bicyclic) bond motifs is 3. The van der Waals surface area contributed by atoms with Gasteiger partial charge in [0.05, 0.1) is 26.1 Å². The Balaban J connectivity index is 1.51. The summed E-state index contributed by atoms with van der Waals surface area (Å²) < 4.78 is 11.0. The minimum Gasteiger partial charge on any atom is -0.507 e. The van der Waals surface area contributed by atoms with Gasteiger partial charge in [-0.15, -0.1) is 0 Å². The van der Waals surface area contributed by atoms with Crippen LogP contribution < -0.4 is 9.47 Å². The third-order valence-corrected chi connectivity index (χ3v) is 9.37. The maximum atomic E-state index is 14.0. The summed E-state index contributed by atoms with van der Waals surface area (Å²) in [5.74, 6) is -2.53. The average Bonchev–Trinajstić information content (AvgIpc) is 3.20. The number of ether oxygens (including phenoxy) is 2. The number of hydrogen-bond donors (Lipinski definition) is 1. The highest BCUT2D eigenvalue weighted by Crippen LogP contribution is 2.58. The summed E-state index contributed by atoms with van der Waals surface area (Å²) >= 11 is 0. The highest BCUT2D eigenvalue weighted by molar-refractivity contribution is 6.23. The van der Waals surface area contributed by atoms with Gasteiger partial charge in [-0.05, 0) is 44.6 Å². The van der Waals surface area contributed by atoms with Crippen LogP contribution in [-0.2, 0) is 19.2 Å². The van der Waals surface area contributed by atoms with Crippen molar-refractivity contribution in [1.82, 2.24) is 4.90 Å². The molecule has 39 heavy (non-hydrogen) atoms. The monoisotopic (exact) mass is 531 g/mol. The summed E-state index contributed by atoms with van der Waals surface area (Å²) in [5, 5.41) is 11.2. The lowest BCUT2D eigenvalue weighted by molar-refractivity contribution is -0.143. The number of carbonyl (C=O) groups excluding carboxylic acids is 4. The molecule has 1 N–H and O–H groups in total. The topological polar surface area (TPSA) is 110 Å². The Morgan fingerprint density at radius 2 is 1.69 bits per heavy atom. The lowest BCUT2D eigenvalue weighted by atomic mass is 9.59. The summed E-state index contributed by atoms with van der Waals surface area (Å²) in [4.78, 5) is 56.1. The summed E-state index contributed by atoms with van der Waals surface area (Å²) in [5.41, 5.74) is 2.17. The summed E-state index contributed by atoms with van der Waals surface area (Å²) in [6, 6.07) is 3.02. The molecular formula is C31H33NO7. The van der Waals surface area contributed by atoms with Crippen molar-refractivity contribution in [2.75, 3.05) is 14.2 Å². The van der Waals surface area contributed by atoms with Crippen LogP contribution in [0.1, 0.15) is 63.4 Å². The molecule has 5 aliphatic rings. The number of ketones is 2. The van der Waals surface area contributed by atoms with E-state index in [0.717, 1.165) is 37.7 Å². The van der Waals surface area contributed by atoms with Gasteiger partial charge < -0.3 is 14.6 Å². The highest BCUT2D eigenvalue weighted by atomic mass is 16.5. The number of hydrogen-bond acceptors (Lipinski definition) is 7. The van der Waals surface area contributed by atoms with Gasteiger partial charge in [-0.3, -0.25) is 24.1 Å². The molecule has 1 aromatic carbocycles. The molecule has 8 nitrogen and oxygen atoms in total. The predicted octanol–water partition coefficient (Wildman–Crippen LogP) is 4.17. The van der Waals surface area contributed by atoms with E-state index in [-0.39, 0.29) is 41.6 Å². The number of amides is 2. The molecule has 0 spiro atoms. The first kappa shape index (κ1) is 25.6. The second-order valence-corrected chi connectivity index (χ2v) is 11.3. The average molecular weight is 532 g/mol. The quantitative estimate of drug-likeness (QED) is 0.353. The molecule has 1 saturated carbocycles. The summed E-state index contributed by atoms with van der Waals surface area (Å²) in [7, 11) is 2.95. The van der Waals surface area contributed by atoms with Crippen LogP contribution in [0, 0.1) is 17.8 Å². The summed E-state index contributed by atoms with van der Waals surface area (Å²) in [6.07, 6.45) is 8.67. The van der Waals surface area contributed by atoms with Gasteiger partial charge in [0.25, 0.3) is 0 Å². The lowest BCUT2D eigenvalue weighted by Crippen LogP contribution is -2.43. The molecule has 2 fully saturated rings. The molecule has 0 radical (unpaired) electrons. The fourth-order valence-corrected chi connectivity index (χ4v) is 7.60. The standard InChI is InChI=1S/C31H33NO7/c1-15-11-22(33)26-21(29(15)35)14-20-18(27(26)28-23(34)12-17(38-2)13-24(28)39-3)9-10-19-25(20)31(37)32(30(19)36)16-7-5-4-6-8-16/h9,11-13,16,19-20,25,27,34H,4-8,10,14H2,1-3H3. The first-order chi connectivity index (χ1) is 18.8. The minimum absolute atomic E-state index is 0.0734. The fourth-order valence-electron chi connectivity index (χ4n) is 7.60. The van der Waals surface area contributed by atoms with Crippen molar-refractivity contribution in [2.45, 2.75) is 63.8 Å². The molecule has 8 heteroatoms. The Kier molecular flexibility index (Phi) is 6.24. The zero-order chi connectivity index (χ0) is 27.6. The fraction of sp³-hybridized carbons (Fsp3) is 0.484. The zero-order valence-corrected chi connectivity index (χ0v) is 22.5. The Morgan fingerprint density at radius 1 is 0.949 bits per heavy atom. The van der Waals surface area contributed by atoms with E-state index in [9.17, 15) is 24.3 Å². The maximum absolute atomic E-state index is 14.0. The van der Waals surface area contributed by atoms with E-state index in [0.29, 0.717) is 40.2 Å². The van der Waals surface area contributed by atoms with Crippen LogP contribution in [0.2, 0.25) is 0 Å². The van der Waals surface area contributed by atoms with Crippen molar-refractivity contribution in [2.24, 2.45) is 17.8 Å². The van der Waals surface area contributed by atoms with Crippen LogP contribution in [0.25, 0.3) is 0 Å². The Bertz CT molecular complexity index is 1390. The molecular weight excluding hydrogens is 498 g/mol. The number of allylic oxidation sites excluding steroid dienone is 6. The van der Waals surface area contributed by atoms with Gasteiger partial charge in [0.2, 0.25) is 11.8 Å². The number of aromatic hydroxyl groups is 1. The molecule has 6 rings (SSSR count). The van der Waals surface area contributed by atoms with E-state index < -0.39 is 23.7 Å². The van der Waals surface area contributed by atoms with Crippen LogP contribution in [0.3, 0.4) is 0 Å². The number of benzene rings is 1. The third-order valence-electron chi connectivity index (χ3n) is 9.37. The molecule has 1 heterocycles. The number of imide groups is 1. The predicted molar refractivity (Wildman–Crippen MR) is 141 cm³/mol. The molecule has 2 amide bonds. The minimum atomic E-state index is -0.784. The second kappa shape index (κ2) is 9.50. The molecule has 204 valence electrons. The number of methoxy groups -OCH3 is 2. The van der Waals surface area contributed by atoms with Gasteiger partial charge in [0, 0.05) is 46.4 Å². The number of carbonyl (C=O) groups is 4. The lowest BCUT2D eigenvalue weighted by Gasteiger charge is -2.42. The number of rotatable bonds is 4. The van der Waals surface area contributed by atoms with Gasteiger partial charge in [0.1, 0.15) is 17.2 Å². The van der Waals surface area contributed by atoms with Crippen LogP contribution in [0.4, 0.5) is 0 Å². The number of phenolic OH excluding ortho intramolecular Hbond substituents is 1. The first-order valence-electron chi connectivity index (χ1n) is 13.8. The third kappa shape index (κ3) is 3.79. The number of phenols is 1. The van der Waals surface area contributed by atoms with Gasteiger partial charge in [-0.1, -0.05) is 30.9 Å². The van der Waals surface area contributed by atoms with E-state index in [1.54, 1.807) is 13.0 Å². The van der Waals surface area contributed by atoms with Gasteiger partial charge in [-0.2, -0.15) is 0 Å². The summed E-state index contributed by atoms with van der Waals surface area (Å²) in [6.45, 7) is 1.62. The normalized spacial score (nSPS) is 29.1. The van der Waals surface area contributed by atoms with Gasteiger partial charge >= 0.3 is 0 Å². The maximum Gasteiger partial charge on any atom is 0.233 e. The molecule has 4 unspecified atom stereocenters. The zero-order valence-electron chi connectivity index (χ0n) is 22.5. The van der Waals surface area contributed by atoms with E-state index >= 15 is 0 Å². The van der Waals surface area contributed by atoms with Crippen LogP contribution in [0.15, 0.2) is 46.6 Å². The molecule has 4 atom stereocenters. The van der Waals surface area contributed by atoms with E-state index in [4.69, 9.17) is 9.47 Å². The molecule has 1 saturated heterocycles. The Labute approximate surface area is 227 Å². The van der Waals surface area contributed by atoms with E-state index in [1.807, 2.05) is 6.08 Å². The van der Waals surface area contributed by atoms with Gasteiger partial charge in [0.15, 0.2) is 11.6 Å². The molecule has 0 bridgehead atoms. The highest BCUT2D eigenvalue weighted by Gasteiger charge is 2.57. The van der Waals surface area contributed by atoms with Crippen LogP contribution >= 0.6 is 0 Å². The largest absolute Gasteiger partial charge is 0.507 e. The van der Waals surface area contributed by atoms with Crippen molar-refractivity contribution >= 4 is 23.4 Å². The Hall–Kier alpha value is -3.68. The van der Waals surface area contributed by atoms with Crippen LogP contribution in [0.5, 0.6) is 17.2 Å². The van der Waals surface area contributed by atoms with Crippen molar-refractivity contribution in [3.05, 3.63) is 52.1 Å². The van der Waals surface area contributed by atoms with Crippen LogP contribution in [-0.4, -0.2) is 53.6 Å². The second-order valence-electron chi connectivity index (χ2n) is 11.3. The SMILES string of the molecule is COc1cc(O)c(C2C3=CCC4C(=O)N(C5CCCCC5)C(=O)C4C3CC3=C2C(=O)C=C(C)C3=O)c(OC)c1. The number of likely N-dealkylation sites (tertiary alicyclic amines) is 1. The Morgan fingerprint density at radius 3 is 2.38 bits per heavy atom. The molecule has 0 aromatic heterocycles. The smallest absolute Gasteiger partial charge is 0.233 e. The van der Waals surface area contributed by atoms with Crippen molar-refractivity contribution in [1.29, 1.82) is 0 Å². The number of nitrogens with zero attached hydrogens (tertiary/aromatic N) is 1. The molecule has 4 aliphatic carbocycles. The van der Waals surface area contributed by atoms with Crippen molar-refractivity contribution < 1.29 is 33.8 Å². The molecule has 1 aliphatic heterocycles. The van der Waals surface area contributed by atoms with E-state index in [2.05, 4.69) is 0 Å². The first-order valence-corrected chi connectivity index (χ1v) is 13.8. The number of Topliss-reactive ketones (excluding diaryl/α,β-unsaturated/α-hetero) is 1. The van der Waals surface area contributed by atoms with Crippen molar-refractivity contribution in [3.8, 4) is 17.2 Å². The molecule has 1 aromatic rings. The van der Waals surface area contributed by atoms with Gasteiger partial charge in [-0.25, -0.2) is 0 Å².